The highest BCUT2D eigenvalue weighted by Crippen LogP contribution is 2.31. The third-order valence-corrected chi connectivity index (χ3v) is 7.24. The molecule has 1 saturated carbocycles. The molecule has 0 saturated heterocycles. The van der Waals surface area contributed by atoms with Gasteiger partial charge in [-0.05, 0) is 30.4 Å². The van der Waals surface area contributed by atoms with Gasteiger partial charge in [-0.25, -0.2) is 0 Å². The van der Waals surface area contributed by atoms with Crippen LogP contribution in [0.4, 0.5) is 0 Å². The van der Waals surface area contributed by atoms with Gasteiger partial charge in [-0.15, -0.1) is 10.2 Å². The quantitative estimate of drug-likeness (QED) is 0.702. The fourth-order valence-electron chi connectivity index (χ4n) is 3.61. The number of hydrogen-bond acceptors (Lipinski definition) is 5. The lowest BCUT2D eigenvalue weighted by molar-refractivity contribution is -0.120. The maximum absolute atomic E-state index is 12.4. The molecule has 0 unspecified atom stereocenters. The number of para-hydroxylation sites is 1. The van der Waals surface area contributed by atoms with Gasteiger partial charge >= 0.3 is 0 Å². The van der Waals surface area contributed by atoms with Crippen molar-refractivity contribution in [1.29, 1.82) is 0 Å². The summed E-state index contributed by atoms with van der Waals surface area (Å²) in [6.07, 6.45) is 3.56. The van der Waals surface area contributed by atoms with Crippen molar-refractivity contribution in [3.8, 4) is 0 Å². The van der Waals surface area contributed by atoms with E-state index in [4.69, 9.17) is 0 Å². The predicted octanol–water partition coefficient (Wildman–Crippen LogP) is 3.98. The number of nitrogens with zero attached hydrogens (tertiary/aromatic N) is 3. The van der Waals surface area contributed by atoms with Crippen molar-refractivity contribution in [3.05, 3.63) is 24.3 Å². The molecule has 2 heterocycles. The van der Waals surface area contributed by atoms with E-state index in [1.165, 1.54) is 29.3 Å². The van der Waals surface area contributed by atoms with Gasteiger partial charge in [-0.3, -0.25) is 9.20 Å². The first-order valence-electron chi connectivity index (χ1n) is 8.78. The van der Waals surface area contributed by atoms with Crippen molar-refractivity contribution in [2.75, 3.05) is 5.75 Å². The summed E-state index contributed by atoms with van der Waals surface area (Å²) in [5, 5.41) is 12.5. The number of benzene rings is 1. The van der Waals surface area contributed by atoms with Crippen LogP contribution in [0.15, 0.2) is 29.4 Å². The number of nitrogens with one attached hydrogen (secondary N) is 1. The summed E-state index contributed by atoms with van der Waals surface area (Å²) in [6.45, 7) is 4.54. The number of thioether (sulfide) groups is 1. The second-order valence-electron chi connectivity index (χ2n) is 6.90. The molecule has 1 N–H and O–H groups in total. The normalized spacial score (nSPS) is 24.0. The molecule has 1 aliphatic carbocycles. The van der Waals surface area contributed by atoms with Gasteiger partial charge in [-0.1, -0.05) is 61.9 Å². The second kappa shape index (κ2) is 6.96. The molecule has 132 valence electrons. The van der Waals surface area contributed by atoms with Gasteiger partial charge in [0.25, 0.3) is 0 Å². The van der Waals surface area contributed by atoms with Gasteiger partial charge in [-0.2, -0.15) is 0 Å². The highest BCUT2D eigenvalue weighted by atomic mass is 32.2. The Kier molecular flexibility index (Phi) is 4.69. The molecule has 25 heavy (non-hydrogen) atoms. The maximum atomic E-state index is 12.4. The first kappa shape index (κ1) is 16.8. The van der Waals surface area contributed by atoms with Crippen LogP contribution in [0.3, 0.4) is 0 Å². The minimum Gasteiger partial charge on any atom is -0.352 e. The van der Waals surface area contributed by atoms with E-state index in [0.29, 0.717) is 23.6 Å². The molecule has 1 aromatic carbocycles. The fraction of sp³-hybridized carbons (Fsp3) is 0.500. The molecule has 1 amide bonds. The van der Waals surface area contributed by atoms with Gasteiger partial charge in [0.1, 0.15) is 0 Å². The molecule has 1 fully saturated rings. The number of rotatable bonds is 4. The third-order valence-electron chi connectivity index (χ3n) is 5.30. The lowest BCUT2D eigenvalue weighted by atomic mass is 9.78. The van der Waals surface area contributed by atoms with Crippen LogP contribution < -0.4 is 5.32 Å². The van der Waals surface area contributed by atoms with E-state index in [0.717, 1.165) is 22.1 Å². The van der Waals surface area contributed by atoms with E-state index >= 15 is 0 Å². The van der Waals surface area contributed by atoms with Crippen molar-refractivity contribution in [2.24, 2.45) is 11.8 Å². The smallest absolute Gasteiger partial charge is 0.230 e. The average Bonchev–Trinajstić information content (AvgIpc) is 3.16. The molecule has 0 spiro atoms. The van der Waals surface area contributed by atoms with Crippen molar-refractivity contribution < 1.29 is 4.79 Å². The fourth-order valence-corrected chi connectivity index (χ4v) is 5.39. The zero-order valence-electron chi connectivity index (χ0n) is 14.4. The minimum absolute atomic E-state index is 0.0900. The van der Waals surface area contributed by atoms with Crippen LogP contribution >= 0.6 is 23.1 Å². The third kappa shape index (κ3) is 3.27. The summed E-state index contributed by atoms with van der Waals surface area (Å²) >= 11 is 3.08. The Labute approximate surface area is 155 Å². The average molecular weight is 375 g/mol. The standard InChI is InChI=1S/C18H22N4OS2/c1-11-6-5-7-13(12(11)2)19-16(23)10-24-17-20-21-18-22(17)14-8-3-4-9-15(14)25-18/h3-4,8-9,11-13H,5-7,10H2,1-2H3,(H,19,23)/t11-,12+,13+/m0/s1. The topological polar surface area (TPSA) is 59.3 Å². The highest BCUT2D eigenvalue weighted by Gasteiger charge is 2.28. The largest absolute Gasteiger partial charge is 0.352 e. The van der Waals surface area contributed by atoms with E-state index in [-0.39, 0.29) is 5.91 Å². The first-order valence-corrected chi connectivity index (χ1v) is 10.6. The number of carbonyl (C=O) groups is 1. The molecule has 7 heteroatoms. The molecule has 0 radical (unpaired) electrons. The summed E-state index contributed by atoms with van der Waals surface area (Å²) in [6, 6.07) is 8.50. The molecular formula is C18H22N4OS2. The van der Waals surface area contributed by atoms with Crippen LogP contribution in [0.25, 0.3) is 15.2 Å². The van der Waals surface area contributed by atoms with Gasteiger partial charge in [0.05, 0.1) is 16.0 Å². The van der Waals surface area contributed by atoms with Gasteiger partial charge in [0.15, 0.2) is 5.16 Å². The van der Waals surface area contributed by atoms with Crippen LogP contribution in [0.2, 0.25) is 0 Å². The number of amides is 1. The summed E-state index contributed by atoms with van der Waals surface area (Å²) < 4.78 is 3.23. The SMILES string of the molecule is C[C@@H]1[C@@H](C)CCC[C@H]1NC(=O)CSc1nnc2sc3ccccc3n12. The number of fused-ring (bicyclic) bond motifs is 3. The Bertz CT molecular complexity index is 903. The lowest BCUT2D eigenvalue weighted by Gasteiger charge is -2.34. The molecule has 4 rings (SSSR count). The molecular weight excluding hydrogens is 352 g/mol. The Morgan fingerprint density at radius 3 is 3.04 bits per heavy atom. The van der Waals surface area contributed by atoms with E-state index in [2.05, 4.69) is 41.5 Å². The van der Waals surface area contributed by atoms with Crippen LogP contribution in [0.1, 0.15) is 33.1 Å². The zero-order valence-corrected chi connectivity index (χ0v) is 16.1. The zero-order chi connectivity index (χ0) is 17.4. The van der Waals surface area contributed by atoms with Gasteiger partial charge < -0.3 is 5.32 Å². The Morgan fingerprint density at radius 2 is 2.16 bits per heavy atom. The van der Waals surface area contributed by atoms with Crippen LogP contribution in [0.5, 0.6) is 0 Å². The van der Waals surface area contributed by atoms with Crippen molar-refractivity contribution >= 4 is 44.2 Å². The molecule has 0 aliphatic heterocycles. The molecule has 2 aromatic heterocycles. The van der Waals surface area contributed by atoms with Crippen molar-refractivity contribution in [2.45, 2.75) is 44.3 Å². The van der Waals surface area contributed by atoms with Gasteiger partial charge in [0, 0.05) is 6.04 Å². The number of hydrogen-bond donors (Lipinski definition) is 1. The Hall–Kier alpha value is -1.60. The number of aromatic nitrogens is 3. The predicted molar refractivity (Wildman–Crippen MR) is 103 cm³/mol. The van der Waals surface area contributed by atoms with E-state index in [9.17, 15) is 4.79 Å². The van der Waals surface area contributed by atoms with Crippen molar-refractivity contribution in [3.63, 3.8) is 0 Å². The molecule has 1 aliphatic rings. The lowest BCUT2D eigenvalue weighted by Crippen LogP contribution is -2.44. The van der Waals surface area contributed by atoms with Gasteiger partial charge in [0.2, 0.25) is 10.9 Å². The second-order valence-corrected chi connectivity index (χ2v) is 8.85. The monoisotopic (exact) mass is 374 g/mol. The van der Waals surface area contributed by atoms with Crippen LogP contribution in [0, 0.1) is 11.8 Å². The number of carbonyl (C=O) groups excluding carboxylic acids is 1. The number of thiazole rings is 1. The molecule has 3 atom stereocenters. The minimum atomic E-state index is 0.0900. The van der Waals surface area contributed by atoms with Crippen LogP contribution in [-0.4, -0.2) is 32.3 Å². The van der Waals surface area contributed by atoms with E-state index in [1.54, 1.807) is 11.3 Å². The summed E-state index contributed by atoms with van der Waals surface area (Å²) in [5.41, 5.74) is 1.10. The first-order chi connectivity index (χ1) is 12.1. The van der Waals surface area contributed by atoms with Crippen molar-refractivity contribution in [1.82, 2.24) is 19.9 Å². The summed E-state index contributed by atoms with van der Waals surface area (Å²) in [5.74, 6) is 1.69. The Morgan fingerprint density at radius 1 is 1.32 bits per heavy atom. The highest BCUT2D eigenvalue weighted by molar-refractivity contribution is 7.99. The molecule has 3 aromatic rings. The summed E-state index contributed by atoms with van der Waals surface area (Å²) in [7, 11) is 0. The Balaban J connectivity index is 1.44. The maximum Gasteiger partial charge on any atom is 0.230 e. The van der Waals surface area contributed by atoms with E-state index < -0.39 is 0 Å². The molecule has 0 bridgehead atoms. The van der Waals surface area contributed by atoms with E-state index in [1.807, 2.05) is 16.5 Å². The van der Waals surface area contributed by atoms with Crippen LogP contribution in [-0.2, 0) is 4.79 Å². The molecule has 5 nitrogen and oxygen atoms in total. The summed E-state index contributed by atoms with van der Waals surface area (Å²) in [4.78, 5) is 13.3.